The second-order valence-corrected chi connectivity index (χ2v) is 6.23. The Kier molecular flexibility index (Phi) is 5.06. The number of hydrogen-bond acceptors (Lipinski definition) is 2. The third-order valence-electron chi connectivity index (χ3n) is 3.49. The van der Waals surface area contributed by atoms with Crippen molar-refractivity contribution in [3.05, 3.63) is 50.7 Å². The second-order valence-electron chi connectivity index (χ2n) is 5.01. The Morgan fingerprint density at radius 1 is 1.43 bits per heavy atom. The predicted octanol–water partition coefficient (Wildman–Crippen LogP) is 3.63. The molecule has 0 spiro atoms. The quantitative estimate of drug-likeness (QED) is 0.873. The molecule has 2 aromatic rings. The van der Waals surface area contributed by atoms with Crippen LogP contribution in [0.4, 0.5) is 0 Å². The first-order valence-electron chi connectivity index (χ1n) is 6.54. The Morgan fingerprint density at radius 2 is 2.10 bits per heavy atom. The molecule has 0 aliphatic heterocycles. The van der Waals surface area contributed by atoms with Crippen molar-refractivity contribution in [2.45, 2.75) is 19.8 Å². The van der Waals surface area contributed by atoms with Crippen molar-refractivity contribution in [3.63, 3.8) is 0 Å². The first-order chi connectivity index (χ1) is 9.90. The number of aromatic nitrogens is 2. The van der Waals surface area contributed by atoms with E-state index >= 15 is 0 Å². The van der Waals surface area contributed by atoms with E-state index in [0.717, 1.165) is 21.3 Å². The maximum Gasteiger partial charge on any atom is 0.307 e. The van der Waals surface area contributed by atoms with E-state index in [9.17, 15) is 9.90 Å². The van der Waals surface area contributed by atoms with E-state index in [0.29, 0.717) is 18.0 Å². The van der Waals surface area contributed by atoms with E-state index in [2.05, 4.69) is 21.0 Å². The van der Waals surface area contributed by atoms with Crippen LogP contribution in [0.2, 0.25) is 5.15 Å². The molecule has 1 N–H and O–H groups in total. The molecule has 0 amide bonds. The van der Waals surface area contributed by atoms with Crippen LogP contribution in [0, 0.1) is 12.8 Å². The summed E-state index contributed by atoms with van der Waals surface area (Å²) in [5, 5.41) is 14.2. The van der Waals surface area contributed by atoms with E-state index in [1.165, 1.54) is 0 Å². The lowest BCUT2D eigenvalue weighted by Crippen LogP contribution is -2.19. The van der Waals surface area contributed by atoms with Crippen molar-refractivity contribution in [2.24, 2.45) is 13.0 Å². The molecule has 2 rings (SSSR count). The highest BCUT2D eigenvalue weighted by Gasteiger charge is 2.23. The number of aliphatic carboxylic acids is 1. The summed E-state index contributed by atoms with van der Waals surface area (Å²) in [6.07, 6.45) is 0.816. The van der Waals surface area contributed by atoms with Gasteiger partial charge in [0.2, 0.25) is 0 Å². The molecule has 1 unspecified atom stereocenters. The summed E-state index contributed by atoms with van der Waals surface area (Å²) in [6, 6.07) is 7.65. The topological polar surface area (TPSA) is 55.1 Å². The normalized spacial score (nSPS) is 12.4. The van der Waals surface area contributed by atoms with Gasteiger partial charge in [0.1, 0.15) is 5.15 Å². The van der Waals surface area contributed by atoms with Gasteiger partial charge in [-0.25, -0.2) is 0 Å². The van der Waals surface area contributed by atoms with Gasteiger partial charge in [-0.15, -0.1) is 0 Å². The van der Waals surface area contributed by atoms with Gasteiger partial charge in [0.25, 0.3) is 0 Å². The SMILES string of the molecule is Cc1nn(C)c(Cl)c1CC(Cc1ccccc1Br)C(=O)O. The van der Waals surface area contributed by atoms with E-state index < -0.39 is 11.9 Å². The number of carboxylic acids is 1. The molecule has 21 heavy (non-hydrogen) atoms. The van der Waals surface area contributed by atoms with Crippen molar-refractivity contribution >= 4 is 33.5 Å². The van der Waals surface area contributed by atoms with Crippen LogP contribution in [-0.2, 0) is 24.7 Å². The van der Waals surface area contributed by atoms with Gasteiger partial charge in [-0.1, -0.05) is 45.7 Å². The highest BCUT2D eigenvalue weighted by molar-refractivity contribution is 9.10. The minimum absolute atomic E-state index is 0.370. The van der Waals surface area contributed by atoms with Crippen LogP contribution in [-0.4, -0.2) is 20.9 Å². The molecule has 0 aliphatic carbocycles. The monoisotopic (exact) mass is 370 g/mol. The molecule has 0 radical (unpaired) electrons. The molecule has 4 nitrogen and oxygen atoms in total. The molecule has 1 aromatic carbocycles. The fourth-order valence-corrected chi connectivity index (χ4v) is 3.03. The van der Waals surface area contributed by atoms with E-state index in [4.69, 9.17) is 11.6 Å². The first-order valence-corrected chi connectivity index (χ1v) is 7.71. The fraction of sp³-hybridized carbons (Fsp3) is 0.333. The second kappa shape index (κ2) is 6.62. The minimum Gasteiger partial charge on any atom is -0.481 e. The number of carboxylic acid groups (broad SMARTS) is 1. The Labute approximate surface area is 136 Å². The molecule has 0 fully saturated rings. The maximum atomic E-state index is 11.6. The summed E-state index contributed by atoms with van der Waals surface area (Å²) < 4.78 is 2.49. The van der Waals surface area contributed by atoms with Crippen molar-refractivity contribution < 1.29 is 9.90 Å². The molecule has 0 saturated heterocycles. The number of nitrogens with zero attached hydrogens (tertiary/aromatic N) is 2. The standard InChI is InChI=1S/C15H16BrClN2O2/c1-9-12(14(17)19(2)18-9)8-11(15(20)21)7-10-5-3-4-6-13(10)16/h3-6,11H,7-8H2,1-2H3,(H,20,21). The molecule has 1 atom stereocenters. The maximum absolute atomic E-state index is 11.6. The Hall–Kier alpha value is -1.33. The number of carbonyl (C=O) groups is 1. The summed E-state index contributed by atoms with van der Waals surface area (Å²) in [7, 11) is 1.75. The molecule has 0 aliphatic rings. The predicted molar refractivity (Wildman–Crippen MR) is 85.6 cm³/mol. The Balaban J connectivity index is 2.24. The summed E-state index contributed by atoms with van der Waals surface area (Å²) in [5.74, 6) is -1.37. The zero-order valence-electron chi connectivity index (χ0n) is 11.8. The molecule has 0 bridgehead atoms. The zero-order valence-corrected chi connectivity index (χ0v) is 14.1. The third-order valence-corrected chi connectivity index (χ3v) is 4.74. The number of aryl methyl sites for hydroxylation is 2. The van der Waals surface area contributed by atoms with Gasteiger partial charge in [0.05, 0.1) is 11.6 Å². The van der Waals surface area contributed by atoms with Crippen LogP contribution in [0.3, 0.4) is 0 Å². The number of hydrogen-bond donors (Lipinski definition) is 1. The smallest absolute Gasteiger partial charge is 0.307 e. The van der Waals surface area contributed by atoms with E-state index in [1.807, 2.05) is 31.2 Å². The highest BCUT2D eigenvalue weighted by Crippen LogP contribution is 2.26. The molecule has 1 aromatic heterocycles. The summed E-state index contributed by atoms with van der Waals surface area (Å²) >= 11 is 9.65. The fourth-order valence-electron chi connectivity index (χ4n) is 2.33. The lowest BCUT2D eigenvalue weighted by Gasteiger charge is -2.13. The lowest BCUT2D eigenvalue weighted by atomic mass is 9.93. The van der Waals surface area contributed by atoms with Crippen LogP contribution in [0.15, 0.2) is 28.7 Å². The average Bonchev–Trinajstić information content (AvgIpc) is 2.66. The van der Waals surface area contributed by atoms with Gasteiger partial charge in [0.15, 0.2) is 0 Å². The van der Waals surface area contributed by atoms with Crippen molar-refractivity contribution in [1.82, 2.24) is 9.78 Å². The van der Waals surface area contributed by atoms with Crippen LogP contribution < -0.4 is 0 Å². The van der Waals surface area contributed by atoms with Crippen LogP contribution in [0.1, 0.15) is 16.8 Å². The Bertz CT molecular complexity index is 670. The summed E-state index contributed by atoms with van der Waals surface area (Å²) in [4.78, 5) is 11.6. The van der Waals surface area contributed by atoms with E-state index in [1.54, 1.807) is 11.7 Å². The van der Waals surface area contributed by atoms with Crippen LogP contribution >= 0.6 is 27.5 Å². The Morgan fingerprint density at radius 3 is 2.62 bits per heavy atom. The molecule has 6 heteroatoms. The van der Waals surface area contributed by atoms with Gasteiger partial charge in [-0.05, 0) is 31.4 Å². The van der Waals surface area contributed by atoms with Crippen molar-refractivity contribution in [1.29, 1.82) is 0 Å². The average molecular weight is 372 g/mol. The lowest BCUT2D eigenvalue weighted by molar-refractivity contribution is -0.141. The molecular formula is C15H16BrClN2O2. The van der Waals surface area contributed by atoms with Crippen LogP contribution in [0.25, 0.3) is 0 Å². The first kappa shape index (κ1) is 16.0. The van der Waals surface area contributed by atoms with Crippen molar-refractivity contribution in [2.75, 3.05) is 0 Å². The molecule has 0 saturated carbocycles. The van der Waals surface area contributed by atoms with Crippen LogP contribution in [0.5, 0.6) is 0 Å². The third kappa shape index (κ3) is 3.66. The highest BCUT2D eigenvalue weighted by atomic mass is 79.9. The van der Waals surface area contributed by atoms with Crippen molar-refractivity contribution in [3.8, 4) is 0 Å². The van der Waals surface area contributed by atoms with Gasteiger partial charge in [-0.2, -0.15) is 5.10 Å². The largest absolute Gasteiger partial charge is 0.481 e. The number of benzene rings is 1. The minimum atomic E-state index is -0.829. The van der Waals surface area contributed by atoms with Gasteiger partial charge in [0, 0.05) is 17.1 Å². The van der Waals surface area contributed by atoms with Gasteiger partial charge < -0.3 is 5.11 Å². The molecule has 112 valence electrons. The van der Waals surface area contributed by atoms with Gasteiger partial charge >= 0.3 is 5.97 Å². The summed E-state index contributed by atoms with van der Waals surface area (Å²) in [5.41, 5.74) is 2.56. The van der Waals surface area contributed by atoms with Gasteiger partial charge in [-0.3, -0.25) is 9.48 Å². The zero-order chi connectivity index (χ0) is 15.6. The molecular weight excluding hydrogens is 356 g/mol. The molecule has 1 heterocycles. The number of halogens is 2. The number of rotatable bonds is 5. The van der Waals surface area contributed by atoms with E-state index in [-0.39, 0.29) is 0 Å². The summed E-state index contributed by atoms with van der Waals surface area (Å²) in [6.45, 7) is 1.85.